The number of para-hydroxylation sites is 2. The molecule has 4 aromatic rings. The minimum Gasteiger partial charge on any atom is -0.744 e. The molecule has 4 rings (SSSR count). The number of benzene rings is 2. The molecule has 0 aliphatic rings. The van der Waals surface area contributed by atoms with Crippen LogP contribution in [0.2, 0.25) is 0 Å². The lowest BCUT2D eigenvalue weighted by Gasteiger charge is -2.13. The van der Waals surface area contributed by atoms with E-state index in [-0.39, 0.29) is 22.5 Å². The fourth-order valence-electron chi connectivity index (χ4n) is 3.32. The molecule has 2 aromatic carbocycles. The molecule has 0 amide bonds. The van der Waals surface area contributed by atoms with Gasteiger partial charge in [-0.25, -0.2) is 16.8 Å². The zero-order valence-corrected chi connectivity index (χ0v) is 18.1. The van der Waals surface area contributed by atoms with Gasteiger partial charge < -0.3 is 14.1 Å². The number of imidazole rings is 1. The SMILES string of the molecule is Cc1c(N=Nc2ccc(S(=O)(=O)[O-])cc2S(=O)(=O)[O-])c(=O)n2c([nH]c3ccccc32)c1C#N. The third-order valence-corrected chi connectivity index (χ3v) is 6.55. The summed E-state index contributed by atoms with van der Waals surface area (Å²) in [6.45, 7) is 1.44. The van der Waals surface area contributed by atoms with Crippen LogP contribution in [0.5, 0.6) is 0 Å². The molecule has 2 aromatic heterocycles. The molecule has 0 fully saturated rings. The lowest BCUT2D eigenvalue weighted by molar-refractivity contribution is 0.461. The maximum absolute atomic E-state index is 13.2. The summed E-state index contributed by atoms with van der Waals surface area (Å²) in [4.78, 5) is 14.1. The zero-order valence-electron chi connectivity index (χ0n) is 16.5. The van der Waals surface area contributed by atoms with E-state index in [1.54, 1.807) is 24.3 Å². The molecular formula is C19H11N5O7S2-2. The molecule has 0 radical (unpaired) electrons. The minimum absolute atomic E-state index is 0.0872. The van der Waals surface area contributed by atoms with Crippen molar-refractivity contribution in [1.29, 1.82) is 5.26 Å². The molecular weight excluding hydrogens is 474 g/mol. The summed E-state index contributed by atoms with van der Waals surface area (Å²) in [7, 11) is -10.3. The van der Waals surface area contributed by atoms with Gasteiger partial charge in [0.25, 0.3) is 5.56 Å². The summed E-state index contributed by atoms with van der Waals surface area (Å²) in [5.74, 6) is 0. The van der Waals surface area contributed by atoms with Crippen LogP contribution in [0.3, 0.4) is 0 Å². The van der Waals surface area contributed by atoms with Crippen LogP contribution in [0, 0.1) is 18.3 Å². The van der Waals surface area contributed by atoms with Gasteiger partial charge in [-0.05, 0) is 37.3 Å². The van der Waals surface area contributed by atoms with Crippen LogP contribution in [0.4, 0.5) is 11.4 Å². The topological polar surface area (TPSA) is 200 Å². The smallest absolute Gasteiger partial charge is 0.284 e. The number of fused-ring (bicyclic) bond motifs is 3. The number of aromatic amines is 1. The molecule has 0 bridgehead atoms. The zero-order chi connectivity index (χ0) is 24.1. The highest BCUT2D eigenvalue weighted by atomic mass is 32.2. The van der Waals surface area contributed by atoms with Crippen molar-refractivity contribution >= 4 is 48.3 Å². The fourth-order valence-corrected chi connectivity index (χ4v) is 4.52. The number of rotatable bonds is 4. The van der Waals surface area contributed by atoms with Gasteiger partial charge in [-0.15, -0.1) is 10.2 Å². The number of hydrogen-bond acceptors (Lipinski definition) is 10. The Balaban J connectivity index is 1.99. The molecule has 0 atom stereocenters. The van der Waals surface area contributed by atoms with Crippen molar-refractivity contribution in [2.24, 2.45) is 10.2 Å². The van der Waals surface area contributed by atoms with Crippen LogP contribution in [-0.2, 0) is 20.2 Å². The molecule has 2 heterocycles. The van der Waals surface area contributed by atoms with Crippen molar-refractivity contribution in [3.8, 4) is 6.07 Å². The Morgan fingerprint density at radius 3 is 2.36 bits per heavy atom. The molecule has 1 N–H and O–H groups in total. The molecule has 168 valence electrons. The Morgan fingerprint density at radius 1 is 1.03 bits per heavy atom. The Bertz CT molecular complexity index is 1810. The van der Waals surface area contributed by atoms with Crippen molar-refractivity contribution in [1.82, 2.24) is 9.38 Å². The number of nitriles is 1. The normalized spacial score (nSPS) is 12.5. The Labute approximate surface area is 185 Å². The van der Waals surface area contributed by atoms with E-state index in [0.717, 1.165) is 12.1 Å². The Kier molecular flexibility index (Phi) is 5.14. The molecule has 12 nitrogen and oxygen atoms in total. The van der Waals surface area contributed by atoms with Crippen LogP contribution >= 0.6 is 0 Å². The fraction of sp³-hybridized carbons (Fsp3) is 0.0526. The van der Waals surface area contributed by atoms with E-state index < -0.39 is 41.3 Å². The number of azo groups is 1. The van der Waals surface area contributed by atoms with Crippen molar-refractivity contribution in [3.05, 3.63) is 63.9 Å². The molecule has 14 heteroatoms. The van der Waals surface area contributed by atoms with E-state index in [9.17, 15) is 36.0 Å². The summed E-state index contributed by atoms with van der Waals surface area (Å²) in [6.07, 6.45) is 0. The number of nitrogens with zero attached hydrogens (tertiary/aromatic N) is 4. The van der Waals surface area contributed by atoms with Gasteiger partial charge in [-0.1, -0.05) is 12.1 Å². The van der Waals surface area contributed by atoms with E-state index in [1.165, 1.54) is 11.3 Å². The highest BCUT2D eigenvalue weighted by molar-refractivity contribution is 7.86. The van der Waals surface area contributed by atoms with Gasteiger partial charge in [0, 0.05) is 5.56 Å². The first-order valence-corrected chi connectivity index (χ1v) is 11.8. The Hall–Kier alpha value is -3.90. The number of aromatic nitrogens is 2. The second-order valence-electron chi connectivity index (χ2n) is 6.83. The first kappa shape index (κ1) is 22.3. The van der Waals surface area contributed by atoms with E-state index >= 15 is 0 Å². The van der Waals surface area contributed by atoms with Gasteiger partial charge in [0.15, 0.2) is 5.69 Å². The highest BCUT2D eigenvalue weighted by Crippen LogP contribution is 2.30. The van der Waals surface area contributed by atoms with E-state index in [0.29, 0.717) is 17.1 Å². The molecule has 0 aliphatic carbocycles. The maximum Gasteiger partial charge on any atom is 0.284 e. The van der Waals surface area contributed by atoms with Crippen LogP contribution in [-0.4, -0.2) is 35.3 Å². The lowest BCUT2D eigenvalue weighted by Crippen LogP contribution is -2.14. The first-order chi connectivity index (χ1) is 15.4. The average molecular weight is 485 g/mol. The average Bonchev–Trinajstić information content (AvgIpc) is 3.12. The summed E-state index contributed by atoms with van der Waals surface area (Å²) < 4.78 is 69.6. The largest absolute Gasteiger partial charge is 0.744 e. The maximum atomic E-state index is 13.2. The summed E-state index contributed by atoms with van der Waals surface area (Å²) in [5, 5.41) is 17.1. The van der Waals surface area contributed by atoms with E-state index in [4.69, 9.17) is 0 Å². The van der Waals surface area contributed by atoms with Crippen molar-refractivity contribution in [3.63, 3.8) is 0 Å². The van der Waals surface area contributed by atoms with Gasteiger partial charge in [0.1, 0.15) is 37.6 Å². The van der Waals surface area contributed by atoms with Crippen LogP contribution < -0.4 is 5.56 Å². The van der Waals surface area contributed by atoms with Gasteiger partial charge in [0.2, 0.25) is 0 Å². The van der Waals surface area contributed by atoms with Gasteiger partial charge in [-0.2, -0.15) is 5.26 Å². The second kappa shape index (κ2) is 7.60. The van der Waals surface area contributed by atoms with Gasteiger partial charge in [0.05, 0.1) is 26.4 Å². The molecule has 33 heavy (non-hydrogen) atoms. The first-order valence-electron chi connectivity index (χ1n) is 8.97. The van der Waals surface area contributed by atoms with Gasteiger partial charge in [-0.3, -0.25) is 9.20 Å². The molecule has 0 saturated heterocycles. The quantitative estimate of drug-likeness (QED) is 0.334. The van der Waals surface area contributed by atoms with Crippen LogP contribution in [0.15, 0.2) is 67.3 Å². The second-order valence-corrected chi connectivity index (χ2v) is 9.56. The Morgan fingerprint density at radius 2 is 1.73 bits per heavy atom. The third kappa shape index (κ3) is 3.79. The van der Waals surface area contributed by atoms with E-state index in [2.05, 4.69) is 15.2 Å². The monoisotopic (exact) mass is 485 g/mol. The molecule has 0 unspecified atom stereocenters. The summed E-state index contributed by atoms with van der Waals surface area (Å²) in [5.41, 5.74) is -0.0670. The standard InChI is InChI=1S/C19H13N5O7S2/c1-10-12(9-20)18-21-13-4-2-3-5-15(13)24(18)19(25)17(10)23-22-14-7-6-11(32(26,27)28)8-16(14)33(29,30)31/h2-8,21H,1H3,(H,26,27,28)(H,29,30,31)/p-2. The number of hydrogen-bond donors (Lipinski definition) is 1. The lowest BCUT2D eigenvalue weighted by atomic mass is 10.1. The van der Waals surface area contributed by atoms with Crippen molar-refractivity contribution in [2.45, 2.75) is 16.7 Å². The summed E-state index contributed by atoms with van der Waals surface area (Å²) in [6, 6.07) is 10.7. The van der Waals surface area contributed by atoms with Crippen molar-refractivity contribution in [2.75, 3.05) is 0 Å². The molecule has 0 aliphatic heterocycles. The molecule has 0 saturated carbocycles. The highest BCUT2D eigenvalue weighted by Gasteiger charge is 2.19. The number of pyridine rings is 1. The predicted molar refractivity (Wildman–Crippen MR) is 112 cm³/mol. The third-order valence-electron chi connectivity index (χ3n) is 4.85. The summed E-state index contributed by atoms with van der Waals surface area (Å²) >= 11 is 0. The minimum atomic E-state index is -5.26. The van der Waals surface area contributed by atoms with Crippen LogP contribution in [0.1, 0.15) is 11.1 Å². The number of H-pyrrole nitrogens is 1. The van der Waals surface area contributed by atoms with Gasteiger partial charge >= 0.3 is 0 Å². The predicted octanol–water partition coefficient (Wildman–Crippen LogP) is 2.18. The van der Waals surface area contributed by atoms with Crippen molar-refractivity contribution < 1.29 is 25.9 Å². The van der Waals surface area contributed by atoms with E-state index in [1.807, 2.05) is 6.07 Å². The van der Waals surface area contributed by atoms with Crippen LogP contribution in [0.25, 0.3) is 16.7 Å². The number of nitrogens with one attached hydrogen (secondary N) is 1. The molecule has 0 spiro atoms.